The zero-order valence-electron chi connectivity index (χ0n) is 16.4. The number of hydrogen-bond donors (Lipinski definition) is 2. The van der Waals surface area contributed by atoms with E-state index in [0.29, 0.717) is 17.1 Å². The molecule has 2 amide bonds. The van der Waals surface area contributed by atoms with Crippen molar-refractivity contribution in [1.29, 1.82) is 0 Å². The van der Waals surface area contributed by atoms with Crippen molar-refractivity contribution >= 4 is 23.2 Å². The number of aromatic nitrogens is 3. The monoisotopic (exact) mass is 377 g/mol. The first-order chi connectivity index (χ1) is 13.3. The van der Waals surface area contributed by atoms with Crippen molar-refractivity contribution in [3.8, 4) is 5.69 Å². The third-order valence-electron chi connectivity index (χ3n) is 4.18. The Morgan fingerprint density at radius 3 is 2.21 bits per heavy atom. The van der Waals surface area contributed by atoms with Gasteiger partial charge in [-0.25, -0.2) is 4.68 Å². The molecule has 0 aliphatic heterocycles. The van der Waals surface area contributed by atoms with Crippen molar-refractivity contribution in [2.24, 2.45) is 0 Å². The van der Waals surface area contributed by atoms with E-state index >= 15 is 0 Å². The van der Waals surface area contributed by atoms with E-state index in [1.54, 1.807) is 28.9 Å². The lowest BCUT2D eigenvalue weighted by atomic mass is 10.1. The summed E-state index contributed by atoms with van der Waals surface area (Å²) in [5.74, 6) is -0.417. The Kier molecular flexibility index (Phi) is 5.54. The minimum atomic E-state index is -0.324. The van der Waals surface area contributed by atoms with Gasteiger partial charge in [0, 0.05) is 18.3 Å². The summed E-state index contributed by atoms with van der Waals surface area (Å²) in [6.07, 6.45) is 0. The highest BCUT2D eigenvalue weighted by atomic mass is 16.2. The van der Waals surface area contributed by atoms with Gasteiger partial charge in [0.1, 0.15) is 0 Å². The minimum absolute atomic E-state index is 0.0541. The van der Waals surface area contributed by atoms with Crippen molar-refractivity contribution in [2.45, 2.75) is 33.6 Å². The number of benzene rings is 2. The molecule has 144 valence electrons. The molecule has 2 N–H and O–H groups in total. The fourth-order valence-corrected chi connectivity index (χ4v) is 2.95. The molecule has 0 bridgehead atoms. The average Bonchev–Trinajstić information content (AvgIpc) is 3.08. The first-order valence-corrected chi connectivity index (χ1v) is 9.07. The molecule has 1 heterocycles. The Balaban J connectivity index is 1.87. The zero-order valence-corrected chi connectivity index (χ0v) is 16.4. The number of rotatable bonds is 5. The van der Waals surface area contributed by atoms with Gasteiger partial charge >= 0.3 is 0 Å². The van der Waals surface area contributed by atoms with Crippen LogP contribution in [0.15, 0.2) is 48.5 Å². The molecule has 7 heteroatoms. The van der Waals surface area contributed by atoms with Crippen molar-refractivity contribution in [3.05, 3.63) is 65.5 Å². The van der Waals surface area contributed by atoms with Crippen LogP contribution < -0.4 is 10.6 Å². The Morgan fingerprint density at radius 2 is 1.64 bits per heavy atom. The van der Waals surface area contributed by atoms with E-state index in [0.717, 1.165) is 16.9 Å². The molecule has 0 atom stereocenters. The fourth-order valence-electron chi connectivity index (χ4n) is 2.95. The van der Waals surface area contributed by atoms with Gasteiger partial charge in [0.15, 0.2) is 5.69 Å². The first-order valence-electron chi connectivity index (χ1n) is 9.07. The summed E-state index contributed by atoms with van der Waals surface area (Å²) in [4.78, 5) is 23.9. The molecule has 3 rings (SSSR count). The van der Waals surface area contributed by atoms with Crippen LogP contribution in [0.1, 0.15) is 48.4 Å². The van der Waals surface area contributed by atoms with Crippen LogP contribution in [0, 0.1) is 6.92 Å². The third kappa shape index (κ3) is 4.25. The van der Waals surface area contributed by atoms with E-state index in [9.17, 15) is 9.59 Å². The van der Waals surface area contributed by atoms with E-state index in [2.05, 4.69) is 20.9 Å². The van der Waals surface area contributed by atoms with Crippen molar-refractivity contribution in [1.82, 2.24) is 15.0 Å². The molecular weight excluding hydrogens is 354 g/mol. The number of nitrogens with zero attached hydrogens (tertiary/aromatic N) is 3. The van der Waals surface area contributed by atoms with Gasteiger partial charge < -0.3 is 10.6 Å². The van der Waals surface area contributed by atoms with E-state index in [4.69, 9.17) is 0 Å². The Labute approximate surface area is 163 Å². The highest BCUT2D eigenvalue weighted by molar-refractivity contribution is 6.04. The van der Waals surface area contributed by atoms with Gasteiger partial charge in [-0.15, -0.1) is 5.10 Å². The largest absolute Gasteiger partial charge is 0.326 e. The number of aryl methyl sites for hydroxylation is 1. The first kappa shape index (κ1) is 19.3. The molecule has 0 radical (unpaired) electrons. The molecule has 0 fully saturated rings. The summed E-state index contributed by atoms with van der Waals surface area (Å²) in [6.45, 7) is 7.46. The summed E-state index contributed by atoms with van der Waals surface area (Å²) in [6, 6.07) is 14.8. The highest BCUT2D eigenvalue weighted by Gasteiger charge is 2.23. The van der Waals surface area contributed by atoms with Gasteiger partial charge in [0.2, 0.25) is 5.91 Å². The maximum Gasteiger partial charge on any atom is 0.278 e. The van der Waals surface area contributed by atoms with E-state index in [1.807, 2.05) is 45.0 Å². The van der Waals surface area contributed by atoms with Gasteiger partial charge in [-0.3, -0.25) is 9.59 Å². The standard InChI is InChI=1S/C21H23N5O2/c1-13(2)20-19(24-25-26(20)18-7-5-6-14(3)12-18)21(28)23-17-10-8-16(9-11-17)22-15(4)27/h5-13H,1-4H3,(H,22,27)(H,23,28). The lowest BCUT2D eigenvalue weighted by Crippen LogP contribution is -2.16. The zero-order chi connectivity index (χ0) is 20.3. The number of hydrogen-bond acceptors (Lipinski definition) is 4. The molecule has 0 saturated heterocycles. The fraction of sp³-hybridized carbons (Fsp3) is 0.238. The Bertz CT molecular complexity index is 1010. The molecule has 0 spiro atoms. The van der Waals surface area contributed by atoms with Crippen LogP contribution in [0.25, 0.3) is 5.69 Å². The quantitative estimate of drug-likeness (QED) is 0.705. The summed E-state index contributed by atoms with van der Waals surface area (Å²) in [5, 5.41) is 13.9. The third-order valence-corrected chi connectivity index (χ3v) is 4.18. The second kappa shape index (κ2) is 8.04. The maximum absolute atomic E-state index is 12.8. The van der Waals surface area contributed by atoms with Crippen LogP contribution in [-0.4, -0.2) is 26.8 Å². The van der Waals surface area contributed by atoms with Gasteiger partial charge in [0.25, 0.3) is 5.91 Å². The Hall–Kier alpha value is -3.48. The Morgan fingerprint density at radius 1 is 1.00 bits per heavy atom. The van der Waals surface area contributed by atoms with Crippen LogP contribution in [0.3, 0.4) is 0 Å². The predicted molar refractivity (Wildman–Crippen MR) is 109 cm³/mol. The second-order valence-electron chi connectivity index (χ2n) is 6.94. The SMILES string of the molecule is CC(=O)Nc1ccc(NC(=O)c2nnn(-c3cccc(C)c3)c2C(C)C)cc1. The molecule has 0 aliphatic carbocycles. The van der Waals surface area contributed by atoms with Gasteiger partial charge in [0.05, 0.1) is 11.4 Å². The molecule has 2 aromatic carbocycles. The summed E-state index contributed by atoms with van der Waals surface area (Å²) in [7, 11) is 0. The molecule has 7 nitrogen and oxygen atoms in total. The van der Waals surface area contributed by atoms with Crippen LogP contribution in [0.5, 0.6) is 0 Å². The minimum Gasteiger partial charge on any atom is -0.326 e. The van der Waals surface area contributed by atoms with Crippen LogP contribution in [0.4, 0.5) is 11.4 Å². The summed E-state index contributed by atoms with van der Waals surface area (Å²) < 4.78 is 1.71. The number of anilines is 2. The van der Waals surface area contributed by atoms with Gasteiger partial charge in [-0.05, 0) is 54.8 Å². The summed E-state index contributed by atoms with van der Waals surface area (Å²) >= 11 is 0. The smallest absolute Gasteiger partial charge is 0.278 e. The normalized spacial score (nSPS) is 10.8. The van der Waals surface area contributed by atoms with Gasteiger partial charge in [-0.1, -0.05) is 31.2 Å². The van der Waals surface area contributed by atoms with E-state index in [-0.39, 0.29) is 17.7 Å². The summed E-state index contributed by atoms with van der Waals surface area (Å²) in [5.41, 5.74) is 4.29. The van der Waals surface area contributed by atoms with Crippen LogP contribution in [-0.2, 0) is 4.79 Å². The van der Waals surface area contributed by atoms with E-state index in [1.165, 1.54) is 6.92 Å². The molecule has 3 aromatic rings. The van der Waals surface area contributed by atoms with Crippen LogP contribution >= 0.6 is 0 Å². The predicted octanol–water partition coefficient (Wildman–Crippen LogP) is 3.91. The number of amides is 2. The highest BCUT2D eigenvalue weighted by Crippen LogP contribution is 2.23. The van der Waals surface area contributed by atoms with Crippen molar-refractivity contribution in [3.63, 3.8) is 0 Å². The lowest BCUT2D eigenvalue weighted by molar-refractivity contribution is -0.114. The van der Waals surface area contributed by atoms with Crippen molar-refractivity contribution < 1.29 is 9.59 Å². The number of carbonyl (C=O) groups is 2. The number of carbonyl (C=O) groups excluding carboxylic acids is 2. The lowest BCUT2D eigenvalue weighted by Gasteiger charge is -2.12. The molecule has 0 aliphatic rings. The molecule has 0 saturated carbocycles. The average molecular weight is 377 g/mol. The maximum atomic E-state index is 12.8. The van der Waals surface area contributed by atoms with Crippen LogP contribution in [0.2, 0.25) is 0 Å². The van der Waals surface area contributed by atoms with Crippen molar-refractivity contribution in [2.75, 3.05) is 10.6 Å². The van der Waals surface area contributed by atoms with E-state index < -0.39 is 0 Å². The molecule has 0 unspecified atom stereocenters. The van der Waals surface area contributed by atoms with Gasteiger partial charge in [-0.2, -0.15) is 0 Å². The molecule has 1 aromatic heterocycles. The molecule has 28 heavy (non-hydrogen) atoms. The second-order valence-corrected chi connectivity index (χ2v) is 6.94. The molecular formula is C21H23N5O2. The topological polar surface area (TPSA) is 88.9 Å². The number of nitrogens with one attached hydrogen (secondary N) is 2.